The van der Waals surface area contributed by atoms with Crippen LogP contribution in [0.5, 0.6) is 0 Å². The lowest BCUT2D eigenvalue weighted by atomic mass is 9.90. The highest BCUT2D eigenvalue weighted by Crippen LogP contribution is 2.22. The van der Waals surface area contributed by atoms with Crippen molar-refractivity contribution in [3.63, 3.8) is 0 Å². The first-order valence-electron chi connectivity index (χ1n) is 5.24. The summed E-state index contributed by atoms with van der Waals surface area (Å²) in [6.45, 7) is 3.86. The lowest BCUT2D eigenvalue weighted by molar-refractivity contribution is 0.473. The fraction of sp³-hybridized carbons (Fsp3) is 0.500. The van der Waals surface area contributed by atoms with Crippen LogP contribution in [-0.2, 0) is 15.4 Å². The summed E-state index contributed by atoms with van der Waals surface area (Å²) in [5.41, 5.74) is 7.68. The average Bonchev–Trinajstić information content (AvgIpc) is 2.14. The van der Waals surface area contributed by atoms with E-state index in [4.69, 9.17) is 5.73 Å². The molecular formula is C12H19NO2S. The highest BCUT2D eigenvalue weighted by Gasteiger charge is 2.22. The van der Waals surface area contributed by atoms with E-state index in [-0.39, 0.29) is 5.75 Å². The van der Waals surface area contributed by atoms with Gasteiger partial charge in [0.2, 0.25) is 0 Å². The molecule has 1 unspecified atom stereocenters. The number of sulfone groups is 1. The Balaban J connectivity index is 2.85. The van der Waals surface area contributed by atoms with Crippen LogP contribution in [0.3, 0.4) is 0 Å². The summed E-state index contributed by atoms with van der Waals surface area (Å²) in [4.78, 5) is 0. The molecule has 0 aromatic heterocycles. The largest absolute Gasteiger partial charge is 0.322 e. The predicted molar refractivity (Wildman–Crippen MR) is 67.0 cm³/mol. The molecule has 1 rings (SSSR count). The molecule has 0 saturated heterocycles. The van der Waals surface area contributed by atoms with E-state index in [2.05, 4.69) is 0 Å². The monoisotopic (exact) mass is 241 g/mol. The van der Waals surface area contributed by atoms with E-state index in [0.29, 0.717) is 6.42 Å². The maximum Gasteiger partial charge on any atom is 0.147 e. The quantitative estimate of drug-likeness (QED) is 0.871. The Kier molecular flexibility index (Phi) is 3.76. The van der Waals surface area contributed by atoms with Gasteiger partial charge in [-0.2, -0.15) is 0 Å². The van der Waals surface area contributed by atoms with Crippen LogP contribution >= 0.6 is 0 Å². The highest BCUT2D eigenvalue weighted by molar-refractivity contribution is 7.90. The summed E-state index contributed by atoms with van der Waals surface area (Å²) in [6.07, 6.45) is 1.68. The summed E-state index contributed by atoms with van der Waals surface area (Å²) < 4.78 is 22.2. The highest BCUT2D eigenvalue weighted by atomic mass is 32.2. The number of aryl methyl sites for hydroxylation is 1. The Morgan fingerprint density at radius 3 is 2.50 bits per heavy atom. The summed E-state index contributed by atoms with van der Waals surface area (Å²) >= 11 is 0. The summed E-state index contributed by atoms with van der Waals surface area (Å²) in [7, 11) is -2.96. The Morgan fingerprint density at radius 1 is 1.38 bits per heavy atom. The van der Waals surface area contributed by atoms with Crippen LogP contribution in [0.4, 0.5) is 0 Å². The summed E-state index contributed by atoms with van der Waals surface area (Å²) in [5.74, 6) is 0.119. The lowest BCUT2D eigenvalue weighted by Crippen LogP contribution is -2.35. The van der Waals surface area contributed by atoms with Crippen molar-refractivity contribution in [3.05, 3.63) is 35.4 Å². The molecule has 1 aromatic rings. The standard InChI is InChI=1S/C12H19NO2S/c1-10-5-4-6-11(9-10)12(2,13)7-8-16(3,14)15/h4-6,9H,7-8,13H2,1-3H3. The molecule has 0 bridgehead atoms. The van der Waals surface area contributed by atoms with Gasteiger partial charge in [0.05, 0.1) is 5.75 Å². The van der Waals surface area contributed by atoms with Crippen molar-refractivity contribution in [2.45, 2.75) is 25.8 Å². The van der Waals surface area contributed by atoms with E-state index in [1.54, 1.807) is 0 Å². The van der Waals surface area contributed by atoms with Gasteiger partial charge in [-0.3, -0.25) is 0 Å². The van der Waals surface area contributed by atoms with Gasteiger partial charge in [-0.1, -0.05) is 29.8 Å². The molecule has 4 heteroatoms. The van der Waals surface area contributed by atoms with Crippen LogP contribution < -0.4 is 5.73 Å². The minimum atomic E-state index is -2.96. The Labute approximate surface area is 97.6 Å². The number of benzene rings is 1. The molecule has 2 N–H and O–H groups in total. The molecule has 90 valence electrons. The van der Waals surface area contributed by atoms with Crippen LogP contribution in [0.25, 0.3) is 0 Å². The Morgan fingerprint density at radius 2 is 2.00 bits per heavy atom. The number of nitrogens with two attached hydrogens (primary N) is 1. The van der Waals surface area contributed by atoms with Crippen LogP contribution in [0, 0.1) is 6.92 Å². The molecule has 0 heterocycles. The Hall–Kier alpha value is -0.870. The van der Waals surface area contributed by atoms with Gasteiger partial charge < -0.3 is 5.73 Å². The van der Waals surface area contributed by atoms with Gasteiger partial charge in [-0.15, -0.1) is 0 Å². The molecule has 0 radical (unpaired) electrons. The minimum Gasteiger partial charge on any atom is -0.322 e. The van der Waals surface area contributed by atoms with Gasteiger partial charge in [0, 0.05) is 11.8 Å². The van der Waals surface area contributed by atoms with Gasteiger partial charge in [-0.25, -0.2) is 8.42 Å². The van der Waals surface area contributed by atoms with E-state index in [9.17, 15) is 8.42 Å². The van der Waals surface area contributed by atoms with E-state index < -0.39 is 15.4 Å². The van der Waals surface area contributed by atoms with Crippen molar-refractivity contribution < 1.29 is 8.42 Å². The van der Waals surface area contributed by atoms with E-state index in [0.717, 1.165) is 11.1 Å². The molecule has 1 atom stereocenters. The van der Waals surface area contributed by atoms with Crippen molar-refractivity contribution in [2.24, 2.45) is 5.73 Å². The summed E-state index contributed by atoms with van der Waals surface area (Å²) in [5, 5.41) is 0. The first-order valence-corrected chi connectivity index (χ1v) is 7.30. The first kappa shape index (κ1) is 13.2. The number of rotatable bonds is 4. The Bertz CT molecular complexity index is 464. The molecule has 0 amide bonds. The van der Waals surface area contributed by atoms with Gasteiger partial charge in [-0.05, 0) is 25.8 Å². The van der Waals surface area contributed by atoms with Crippen molar-refractivity contribution >= 4 is 9.84 Å². The van der Waals surface area contributed by atoms with Gasteiger partial charge in [0.25, 0.3) is 0 Å². The zero-order chi connectivity index (χ0) is 12.4. The first-order chi connectivity index (χ1) is 7.21. The zero-order valence-electron chi connectivity index (χ0n) is 10.0. The third kappa shape index (κ3) is 3.94. The second-order valence-electron chi connectivity index (χ2n) is 4.67. The topological polar surface area (TPSA) is 60.2 Å². The minimum absolute atomic E-state index is 0.119. The fourth-order valence-electron chi connectivity index (χ4n) is 1.54. The average molecular weight is 241 g/mol. The van der Waals surface area contributed by atoms with Crippen LogP contribution in [0.2, 0.25) is 0 Å². The van der Waals surface area contributed by atoms with Gasteiger partial charge >= 0.3 is 0 Å². The van der Waals surface area contributed by atoms with Crippen LogP contribution in [0.1, 0.15) is 24.5 Å². The molecular weight excluding hydrogens is 222 g/mol. The van der Waals surface area contributed by atoms with Crippen LogP contribution in [0.15, 0.2) is 24.3 Å². The fourth-order valence-corrected chi connectivity index (χ4v) is 2.34. The second-order valence-corrected chi connectivity index (χ2v) is 6.93. The molecule has 3 nitrogen and oxygen atoms in total. The third-order valence-electron chi connectivity index (χ3n) is 2.67. The summed E-state index contributed by atoms with van der Waals surface area (Å²) in [6, 6.07) is 7.88. The van der Waals surface area contributed by atoms with E-state index in [1.165, 1.54) is 6.26 Å². The van der Waals surface area contributed by atoms with Crippen molar-refractivity contribution in [2.75, 3.05) is 12.0 Å². The lowest BCUT2D eigenvalue weighted by Gasteiger charge is -2.25. The molecule has 0 aliphatic carbocycles. The van der Waals surface area contributed by atoms with E-state index >= 15 is 0 Å². The second kappa shape index (κ2) is 4.55. The smallest absolute Gasteiger partial charge is 0.147 e. The molecule has 0 aliphatic rings. The molecule has 0 spiro atoms. The van der Waals surface area contributed by atoms with Crippen molar-refractivity contribution in [1.29, 1.82) is 0 Å². The maximum atomic E-state index is 11.1. The molecule has 1 aromatic carbocycles. The van der Waals surface area contributed by atoms with E-state index in [1.807, 2.05) is 38.1 Å². The van der Waals surface area contributed by atoms with Gasteiger partial charge in [0.1, 0.15) is 9.84 Å². The zero-order valence-corrected chi connectivity index (χ0v) is 10.8. The van der Waals surface area contributed by atoms with Crippen LogP contribution in [-0.4, -0.2) is 20.4 Å². The molecule has 16 heavy (non-hydrogen) atoms. The normalized spacial score (nSPS) is 15.8. The third-order valence-corrected chi connectivity index (χ3v) is 3.62. The predicted octanol–water partition coefficient (Wildman–Crippen LogP) is 1.60. The maximum absolute atomic E-state index is 11.1. The SMILES string of the molecule is Cc1cccc(C(C)(N)CCS(C)(=O)=O)c1. The number of hydrogen-bond donors (Lipinski definition) is 1. The van der Waals surface area contributed by atoms with Crippen molar-refractivity contribution in [3.8, 4) is 0 Å². The van der Waals surface area contributed by atoms with Crippen molar-refractivity contribution in [1.82, 2.24) is 0 Å². The molecule has 0 fully saturated rings. The molecule has 0 saturated carbocycles. The van der Waals surface area contributed by atoms with Gasteiger partial charge in [0.15, 0.2) is 0 Å². The number of hydrogen-bond acceptors (Lipinski definition) is 3. The molecule has 0 aliphatic heterocycles.